The molecule has 7 heteroatoms. The third kappa shape index (κ3) is 5.19. The maximum absolute atomic E-state index is 12.5. The van der Waals surface area contributed by atoms with E-state index in [0.29, 0.717) is 36.8 Å². The van der Waals surface area contributed by atoms with Crippen LogP contribution in [0.4, 0.5) is 5.69 Å². The molecule has 29 heavy (non-hydrogen) atoms. The van der Waals surface area contributed by atoms with Crippen molar-refractivity contribution in [1.82, 2.24) is 4.90 Å². The molecule has 0 saturated heterocycles. The van der Waals surface area contributed by atoms with Gasteiger partial charge in [-0.25, -0.2) is 4.79 Å². The third-order valence-corrected chi connectivity index (χ3v) is 4.67. The molecule has 0 N–H and O–H groups in total. The molecule has 1 unspecified atom stereocenters. The van der Waals surface area contributed by atoms with Crippen molar-refractivity contribution in [3.8, 4) is 11.5 Å². The Morgan fingerprint density at radius 1 is 1.07 bits per heavy atom. The molecule has 2 aromatic carbocycles. The van der Waals surface area contributed by atoms with Crippen LogP contribution in [0.5, 0.6) is 11.5 Å². The summed E-state index contributed by atoms with van der Waals surface area (Å²) in [7, 11) is 3.84. The van der Waals surface area contributed by atoms with Gasteiger partial charge in [-0.2, -0.15) is 0 Å². The molecule has 154 valence electrons. The van der Waals surface area contributed by atoms with Gasteiger partial charge in [0.15, 0.2) is 24.2 Å². The van der Waals surface area contributed by atoms with Gasteiger partial charge in [0.05, 0.1) is 12.1 Å². The standard InChI is InChI=1S/C22H26N2O5/c1-4-24(13-18-14-27-19-7-5-6-8-20(19)29-18)21(25)15-28-22(26)16-9-11-17(12-10-16)23(2)3/h5-12,18H,4,13-15H2,1-3H3. The molecule has 1 aliphatic heterocycles. The van der Waals surface area contributed by atoms with Gasteiger partial charge in [0.25, 0.3) is 5.91 Å². The summed E-state index contributed by atoms with van der Waals surface area (Å²) in [6.45, 7) is 2.76. The van der Waals surface area contributed by atoms with E-state index in [9.17, 15) is 9.59 Å². The molecule has 1 aliphatic rings. The number of ether oxygens (including phenoxy) is 3. The first-order valence-corrected chi connectivity index (χ1v) is 9.58. The zero-order valence-electron chi connectivity index (χ0n) is 17.0. The number of fused-ring (bicyclic) bond motifs is 1. The fraction of sp³-hybridized carbons (Fsp3) is 0.364. The van der Waals surface area contributed by atoms with Crippen molar-refractivity contribution in [3.63, 3.8) is 0 Å². The first-order valence-electron chi connectivity index (χ1n) is 9.58. The van der Waals surface area contributed by atoms with Gasteiger partial charge < -0.3 is 24.0 Å². The molecule has 3 rings (SSSR count). The summed E-state index contributed by atoms with van der Waals surface area (Å²) >= 11 is 0. The largest absolute Gasteiger partial charge is 0.486 e. The summed E-state index contributed by atoms with van der Waals surface area (Å²) < 4.78 is 16.8. The Bertz CT molecular complexity index is 851. The second kappa shape index (κ2) is 9.32. The van der Waals surface area contributed by atoms with Crippen LogP contribution in [0.1, 0.15) is 17.3 Å². The molecule has 0 fully saturated rings. The zero-order valence-corrected chi connectivity index (χ0v) is 17.0. The molecule has 1 heterocycles. The summed E-state index contributed by atoms with van der Waals surface area (Å²) in [6.07, 6.45) is -0.275. The van der Waals surface area contributed by atoms with Crippen molar-refractivity contribution in [2.45, 2.75) is 13.0 Å². The number of likely N-dealkylation sites (N-methyl/N-ethyl adjacent to an activating group) is 1. The van der Waals surface area contributed by atoms with E-state index in [0.717, 1.165) is 5.69 Å². The second-order valence-corrected chi connectivity index (χ2v) is 6.95. The third-order valence-electron chi connectivity index (χ3n) is 4.67. The molecule has 2 aromatic rings. The lowest BCUT2D eigenvalue weighted by molar-refractivity contribution is -0.135. The van der Waals surface area contributed by atoms with Crippen molar-refractivity contribution in [2.75, 3.05) is 45.3 Å². The highest BCUT2D eigenvalue weighted by atomic mass is 16.6. The molecule has 0 aliphatic carbocycles. The van der Waals surface area contributed by atoms with Gasteiger partial charge in [0, 0.05) is 26.3 Å². The van der Waals surface area contributed by atoms with Crippen molar-refractivity contribution in [2.24, 2.45) is 0 Å². The van der Waals surface area contributed by atoms with Crippen LogP contribution in [0, 0.1) is 0 Å². The first kappa shape index (κ1) is 20.5. The average Bonchev–Trinajstić information content (AvgIpc) is 2.75. The van der Waals surface area contributed by atoms with Gasteiger partial charge in [-0.3, -0.25) is 4.79 Å². The van der Waals surface area contributed by atoms with Crippen LogP contribution in [-0.4, -0.2) is 63.3 Å². The van der Waals surface area contributed by atoms with E-state index in [1.165, 1.54) is 0 Å². The predicted octanol–water partition coefficient (Wildman–Crippen LogP) is 2.60. The number of esters is 1. The second-order valence-electron chi connectivity index (χ2n) is 6.95. The normalized spacial score (nSPS) is 14.8. The quantitative estimate of drug-likeness (QED) is 0.668. The number of carbonyl (C=O) groups is 2. The minimum atomic E-state index is -0.522. The number of nitrogens with zero attached hydrogens (tertiary/aromatic N) is 2. The number of hydrogen-bond donors (Lipinski definition) is 0. The van der Waals surface area contributed by atoms with E-state index < -0.39 is 5.97 Å². The molecule has 7 nitrogen and oxygen atoms in total. The molecule has 0 aromatic heterocycles. The number of para-hydroxylation sites is 2. The average molecular weight is 398 g/mol. The Morgan fingerprint density at radius 3 is 2.41 bits per heavy atom. The van der Waals surface area contributed by atoms with Gasteiger partial charge in [0.1, 0.15) is 6.61 Å². The van der Waals surface area contributed by atoms with Crippen LogP contribution in [0.25, 0.3) is 0 Å². The summed E-state index contributed by atoms with van der Waals surface area (Å²) in [5, 5.41) is 0. The van der Waals surface area contributed by atoms with Gasteiger partial charge in [0.2, 0.25) is 0 Å². The Morgan fingerprint density at radius 2 is 1.76 bits per heavy atom. The van der Waals surface area contributed by atoms with E-state index in [-0.39, 0.29) is 18.6 Å². The van der Waals surface area contributed by atoms with E-state index in [1.807, 2.05) is 62.3 Å². The number of amides is 1. The fourth-order valence-corrected chi connectivity index (χ4v) is 3.00. The lowest BCUT2D eigenvalue weighted by Crippen LogP contribution is -2.45. The van der Waals surface area contributed by atoms with Crippen LogP contribution in [-0.2, 0) is 9.53 Å². The summed E-state index contributed by atoms with van der Waals surface area (Å²) in [6, 6.07) is 14.5. The van der Waals surface area contributed by atoms with Crippen LogP contribution in [0.2, 0.25) is 0 Å². The maximum Gasteiger partial charge on any atom is 0.338 e. The van der Waals surface area contributed by atoms with Crippen molar-refractivity contribution >= 4 is 17.6 Å². The summed E-state index contributed by atoms with van der Waals surface area (Å²) in [5.41, 5.74) is 1.39. The van der Waals surface area contributed by atoms with Gasteiger partial charge in [-0.15, -0.1) is 0 Å². The molecule has 0 radical (unpaired) electrons. The minimum absolute atomic E-state index is 0.270. The monoisotopic (exact) mass is 398 g/mol. The number of rotatable bonds is 7. The lowest BCUT2D eigenvalue weighted by atomic mass is 10.2. The highest BCUT2D eigenvalue weighted by molar-refractivity contribution is 5.91. The van der Waals surface area contributed by atoms with Gasteiger partial charge in [-0.1, -0.05) is 12.1 Å². The molecule has 0 saturated carbocycles. The molecule has 0 spiro atoms. The molecular weight excluding hydrogens is 372 g/mol. The van der Waals surface area contributed by atoms with Crippen LogP contribution < -0.4 is 14.4 Å². The van der Waals surface area contributed by atoms with E-state index >= 15 is 0 Å². The highest BCUT2D eigenvalue weighted by Gasteiger charge is 2.25. The van der Waals surface area contributed by atoms with Gasteiger partial charge >= 0.3 is 5.97 Å². The Kier molecular flexibility index (Phi) is 6.59. The molecular formula is C22H26N2O5. The SMILES string of the molecule is CCN(CC1COc2ccccc2O1)C(=O)COC(=O)c1ccc(N(C)C)cc1. The zero-order chi connectivity index (χ0) is 20.8. The predicted molar refractivity (Wildman–Crippen MR) is 110 cm³/mol. The number of carbonyl (C=O) groups excluding carboxylic acids is 2. The Labute approximate surface area is 170 Å². The first-order chi connectivity index (χ1) is 14.0. The number of hydrogen-bond acceptors (Lipinski definition) is 6. The Hall–Kier alpha value is -3.22. The fourth-order valence-electron chi connectivity index (χ4n) is 3.00. The van der Waals surface area contributed by atoms with E-state index in [4.69, 9.17) is 14.2 Å². The molecule has 1 atom stereocenters. The van der Waals surface area contributed by atoms with Crippen molar-refractivity contribution in [1.29, 1.82) is 0 Å². The smallest absolute Gasteiger partial charge is 0.338 e. The summed E-state index contributed by atoms with van der Waals surface area (Å²) in [5.74, 6) is 0.575. The Balaban J connectivity index is 1.51. The van der Waals surface area contributed by atoms with Crippen LogP contribution in [0.15, 0.2) is 48.5 Å². The minimum Gasteiger partial charge on any atom is -0.486 e. The summed E-state index contributed by atoms with van der Waals surface area (Å²) in [4.78, 5) is 28.3. The number of benzene rings is 2. The number of anilines is 1. The van der Waals surface area contributed by atoms with E-state index in [1.54, 1.807) is 17.0 Å². The van der Waals surface area contributed by atoms with Crippen LogP contribution in [0.3, 0.4) is 0 Å². The van der Waals surface area contributed by atoms with Crippen molar-refractivity contribution < 1.29 is 23.8 Å². The van der Waals surface area contributed by atoms with E-state index in [2.05, 4.69) is 0 Å². The van der Waals surface area contributed by atoms with Gasteiger partial charge in [-0.05, 0) is 43.3 Å². The molecule has 1 amide bonds. The van der Waals surface area contributed by atoms with Crippen molar-refractivity contribution in [3.05, 3.63) is 54.1 Å². The maximum atomic E-state index is 12.5. The highest BCUT2D eigenvalue weighted by Crippen LogP contribution is 2.31. The lowest BCUT2D eigenvalue weighted by Gasteiger charge is -2.30. The van der Waals surface area contributed by atoms with Crippen LogP contribution >= 0.6 is 0 Å². The topological polar surface area (TPSA) is 68.3 Å². The molecule has 0 bridgehead atoms.